The van der Waals surface area contributed by atoms with Crippen LogP contribution < -0.4 is 14.2 Å². The van der Waals surface area contributed by atoms with Crippen molar-refractivity contribution in [2.75, 3.05) is 21.3 Å². The lowest BCUT2D eigenvalue weighted by Gasteiger charge is -2.10. The lowest BCUT2D eigenvalue weighted by Crippen LogP contribution is -2.08. The van der Waals surface area contributed by atoms with Crippen LogP contribution in [0.3, 0.4) is 0 Å². The molecule has 0 saturated carbocycles. The second-order valence-corrected chi connectivity index (χ2v) is 8.08. The highest BCUT2D eigenvalue weighted by Gasteiger charge is 2.17. The molecular formula is C25H22N2O5S. The van der Waals surface area contributed by atoms with E-state index in [1.807, 2.05) is 18.2 Å². The van der Waals surface area contributed by atoms with Crippen molar-refractivity contribution in [2.45, 2.75) is 12.8 Å². The minimum atomic E-state index is -0.220. The van der Waals surface area contributed by atoms with Gasteiger partial charge >= 0.3 is 0 Å². The summed E-state index contributed by atoms with van der Waals surface area (Å²) < 4.78 is 17.0. The zero-order chi connectivity index (χ0) is 23.4. The van der Waals surface area contributed by atoms with Crippen molar-refractivity contribution >= 4 is 33.1 Å². The fourth-order valence-corrected chi connectivity index (χ4v) is 4.15. The molecule has 0 fully saturated rings. The van der Waals surface area contributed by atoms with Gasteiger partial charge in [0.15, 0.2) is 23.1 Å². The van der Waals surface area contributed by atoms with Gasteiger partial charge < -0.3 is 14.2 Å². The van der Waals surface area contributed by atoms with Crippen molar-refractivity contribution < 1.29 is 23.8 Å². The molecule has 0 radical (unpaired) electrons. The number of ketones is 2. The van der Waals surface area contributed by atoms with E-state index in [4.69, 9.17) is 14.2 Å². The Morgan fingerprint density at radius 2 is 1.55 bits per heavy atom. The average molecular weight is 463 g/mol. The Balaban J connectivity index is 1.52. The molecule has 168 valence electrons. The van der Waals surface area contributed by atoms with E-state index in [0.717, 1.165) is 15.8 Å². The summed E-state index contributed by atoms with van der Waals surface area (Å²) in [6.45, 7) is 0. The van der Waals surface area contributed by atoms with Crippen LogP contribution in [0.1, 0.15) is 33.7 Å². The predicted molar refractivity (Wildman–Crippen MR) is 127 cm³/mol. The number of carbonyl (C=O) groups is 2. The molecule has 0 unspecified atom stereocenters. The van der Waals surface area contributed by atoms with E-state index in [0.29, 0.717) is 28.5 Å². The van der Waals surface area contributed by atoms with E-state index in [1.54, 1.807) is 54.3 Å². The van der Waals surface area contributed by atoms with E-state index in [9.17, 15) is 9.59 Å². The van der Waals surface area contributed by atoms with E-state index in [1.165, 1.54) is 14.2 Å². The number of nitrogens with zero attached hydrogens (tertiary/aromatic N) is 2. The normalized spacial score (nSPS) is 10.8. The quantitative estimate of drug-likeness (QED) is 0.315. The third-order valence-corrected chi connectivity index (χ3v) is 6.06. The van der Waals surface area contributed by atoms with Gasteiger partial charge in [-0.2, -0.15) is 0 Å². The van der Waals surface area contributed by atoms with Gasteiger partial charge in [0.2, 0.25) is 0 Å². The smallest absolute Gasteiger partial charge is 0.181 e. The largest absolute Gasteiger partial charge is 0.494 e. The molecule has 2 aromatic carbocycles. The number of rotatable bonds is 9. The van der Waals surface area contributed by atoms with Gasteiger partial charge in [0.05, 0.1) is 37.1 Å². The van der Waals surface area contributed by atoms with Crippen LogP contribution in [-0.2, 0) is 0 Å². The van der Waals surface area contributed by atoms with E-state index in [2.05, 4.69) is 9.97 Å². The number of fused-ring (bicyclic) bond motifs is 1. The summed E-state index contributed by atoms with van der Waals surface area (Å²) in [5.74, 6) is 1.18. The average Bonchev–Trinajstić information content (AvgIpc) is 3.34. The Morgan fingerprint density at radius 1 is 0.818 bits per heavy atom. The molecule has 0 aliphatic heterocycles. The van der Waals surface area contributed by atoms with Crippen molar-refractivity contribution in [1.29, 1.82) is 0 Å². The topological polar surface area (TPSA) is 87.6 Å². The van der Waals surface area contributed by atoms with Gasteiger partial charge in [0, 0.05) is 24.0 Å². The fourth-order valence-electron chi connectivity index (χ4n) is 3.49. The molecule has 2 aromatic heterocycles. The summed E-state index contributed by atoms with van der Waals surface area (Å²) in [6.07, 6.45) is 0.0964. The van der Waals surface area contributed by atoms with Crippen LogP contribution >= 0.6 is 11.3 Å². The maximum absolute atomic E-state index is 12.8. The lowest BCUT2D eigenvalue weighted by atomic mass is 10.0. The number of thiazole rings is 1. The first-order chi connectivity index (χ1) is 16.0. The van der Waals surface area contributed by atoms with E-state index < -0.39 is 0 Å². The second-order valence-electron chi connectivity index (χ2n) is 7.20. The van der Waals surface area contributed by atoms with Crippen molar-refractivity contribution in [3.63, 3.8) is 0 Å². The molecule has 0 amide bonds. The van der Waals surface area contributed by atoms with Crippen LogP contribution in [0.2, 0.25) is 0 Å². The summed E-state index contributed by atoms with van der Waals surface area (Å²) in [5.41, 5.74) is 4.75. The maximum Gasteiger partial charge on any atom is 0.181 e. The van der Waals surface area contributed by atoms with Gasteiger partial charge in [0.25, 0.3) is 0 Å². The zero-order valence-corrected chi connectivity index (χ0v) is 19.3. The van der Waals surface area contributed by atoms with E-state index >= 15 is 0 Å². The number of carbonyl (C=O) groups excluding carboxylic acids is 2. The molecule has 8 heteroatoms. The number of benzene rings is 2. The van der Waals surface area contributed by atoms with Gasteiger partial charge in [-0.15, -0.1) is 11.3 Å². The first kappa shape index (κ1) is 22.4. The van der Waals surface area contributed by atoms with Gasteiger partial charge in [-0.1, -0.05) is 6.07 Å². The van der Waals surface area contributed by atoms with E-state index in [-0.39, 0.29) is 30.1 Å². The Kier molecular flexibility index (Phi) is 6.65. The summed E-state index contributed by atoms with van der Waals surface area (Å²) in [4.78, 5) is 34.4. The minimum Gasteiger partial charge on any atom is -0.494 e. The fraction of sp³-hybridized carbons (Fsp3) is 0.200. The summed E-state index contributed by atoms with van der Waals surface area (Å²) in [6, 6.07) is 14.1. The highest BCUT2D eigenvalue weighted by Crippen LogP contribution is 2.32. The molecule has 0 spiro atoms. The monoisotopic (exact) mass is 462 g/mol. The molecule has 0 saturated heterocycles. The van der Waals surface area contributed by atoms with Crippen LogP contribution in [-0.4, -0.2) is 42.9 Å². The first-order valence-electron chi connectivity index (χ1n) is 10.2. The Hall–Kier alpha value is -3.78. The molecule has 4 rings (SSSR count). The molecule has 0 bridgehead atoms. The number of pyridine rings is 1. The second kappa shape index (κ2) is 9.79. The molecule has 0 N–H and O–H groups in total. The molecular weight excluding hydrogens is 440 g/mol. The molecule has 0 atom stereocenters. The highest BCUT2D eigenvalue weighted by molar-refractivity contribution is 7.16. The Morgan fingerprint density at radius 3 is 2.30 bits per heavy atom. The van der Waals surface area contributed by atoms with Gasteiger partial charge in [0.1, 0.15) is 17.1 Å². The van der Waals surface area contributed by atoms with Crippen LogP contribution in [0.15, 0.2) is 54.0 Å². The first-order valence-corrected chi connectivity index (χ1v) is 11.1. The number of methoxy groups -OCH3 is 3. The summed E-state index contributed by atoms with van der Waals surface area (Å²) in [5, 5.41) is 0. The number of hydrogen-bond donors (Lipinski definition) is 0. The van der Waals surface area contributed by atoms with Gasteiger partial charge in [-0.3, -0.25) is 9.59 Å². The van der Waals surface area contributed by atoms with Crippen LogP contribution in [0.25, 0.3) is 21.5 Å². The third-order valence-electron chi connectivity index (χ3n) is 5.25. The van der Waals surface area contributed by atoms with Crippen molar-refractivity contribution in [1.82, 2.24) is 9.97 Å². The standard InChI is InChI=1S/C25H22N2O5S/c1-30-21-9-4-15(13-23(21)32-3)19(28)7-8-20(29)17-6-10-22(31-2)25(27-17)16-5-11-24-18(12-16)26-14-33-24/h4-6,9-14H,7-8H2,1-3H3. The zero-order valence-electron chi connectivity index (χ0n) is 18.5. The summed E-state index contributed by atoms with van der Waals surface area (Å²) in [7, 11) is 4.60. The number of aromatic nitrogens is 2. The SMILES string of the molecule is COc1ccc(C(=O)CCC(=O)c2ccc(OC)c(-c3ccc4scnc4c3)n2)cc1OC. The molecule has 0 aliphatic carbocycles. The van der Waals surface area contributed by atoms with Crippen LogP contribution in [0.5, 0.6) is 17.2 Å². The van der Waals surface area contributed by atoms with Gasteiger partial charge in [-0.05, 0) is 42.5 Å². The maximum atomic E-state index is 12.8. The van der Waals surface area contributed by atoms with Crippen molar-refractivity contribution in [3.8, 4) is 28.5 Å². The van der Waals surface area contributed by atoms with Crippen molar-refractivity contribution in [2.24, 2.45) is 0 Å². The Bertz CT molecular complexity index is 1330. The minimum absolute atomic E-state index is 0.0388. The number of ether oxygens (including phenoxy) is 3. The van der Waals surface area contributed by atoms with Gasteiger partial charge in [-0.25, -0.2) is 9.97 Å². The van der Waals surface area contributed by atoms with Crippen molar-refractivity contribution in [3.05, 3.63) is 65.3 Å². The predicted octanol–water partition coefficient (Wildman–Crippen LogP) is 5.23. The number of Topliss-reactive ketones (excluding diaryl/α,β-unsaturated/α-hetero) is 2. The van der Waals surface area contributed by atoms with Crippen LogP contribution in [0, 0.1) is 0 Å². The molecule has 2 heterocycles. The molecule has 4 aromatic rings. The lowest BCUT2D eigenvalue weighted by molar-refractivity contribution is 0.0915. The summed E-state index contributed by atoms with van der Waals surface area (Å²) >= 11 is 1.56. The Labute approximate surface area is 195 Å². The van der Waals surface area contributed by atoms with Crippen LogP contribution in [0.4, 0.5) is 0 Å². The third kappa shape index (κ3) is 4.70. The molecule has 0 aliphatic rings. The molecule has 33 heavy (non-hydrogen) atoms. The molecule has 7 nitrogen and oxygen atoms in total. The highest BCUT2D eigenvalue weighted by atomic mass is 32.1. The number of hydrogen-bond acceptors (Lipinski definition) is 8.